The largest absolute Gasteiger partial charge is 0.355 e. The third kappa shape index (κ3) is 3.72. The molecule has 0 amide bonds. The van der Waals surface area contributed by atoms with Gasteiger partial charge < -0.3 is 5.32 Å². The maximum absolute atomic E-state index is 3.54. The Morgan fingerprint density at radius 3 is 2.04 bits per heavy atom. The van der Waals surface area contributed by atoms with Crippen LogP contribution in [0.1, 0.15) is 18.4 Å². The quantitative estimate of drug-likeness (QED) is 0.555. The van der Waals surface area contributed by atoms with Crippen LogP contribution in [-0.4, -0.2) is 0 Å². The van der Waals surface area contributed by atoms with Crippen LogP contribution in [0.3, 0.4) is 0 Å². The van der Waals surface area contributed by atoms with E-state index >= 15 is 0 Å². The number of hydrogen-bond donors (Lipinski definition) is 1. The Balaban J connectivity index is 1.77. The Labute approximate surface area is 149 Å². The van der Waals surface area contributed by atoms with Gasteiger partial charge in [-0.2, -0.15) is 0 Å². The van der Waals surface area contributed by atoms with Gasteiger partial charge in [-0.05, 0) is 65.4 Å². The van der Waals surface area contributed by atoms with E-state index in [1.54, 1.807) is 0 Å². The van der Waals surface area contributed by atoms with Crippen molar-refractivity contribution in [3.63, 3.8) is 0 Å². The van der Waals surface area contributed by atoms with E-state index < -0.39 is 0 Å². The third-order valence-electron chi connectivity index (χ3n) is 4.43. The Kier molecular flexibility index (Phi) is 4.47. The fraction of sp³-hybridized carbons (Fsp3) is 0.0833. The first-order valence-electron chi connectivity index (χ1n) is 8.78. The SMILES string of the molecule is C1=CC(c2cc(Nc3ccccc3)cc(-c3ccccc3)c2)=CCC1. The molecule has 1 nitrogen and oxygen atoms in total. The fourth-order valence-corrected chi connectivity index (χ4v) is 3.18. The minimum Gasteiger partial charge on any atom is -0.355 e. The minimum atomic E-state index is 1.10. The molecule has 0 aromatic heterocycles. The molecule has 25 heavy (non-hydrogen) atoms. The van der Waals surface area contributed by atoms with Gasteiger partial charge in [-0.3, -0.25) is 0 Å². The van der Waals surface area contributed by atoms with E-state index in [-0.39, 0.29) is 0 Å². The molecule has 122 valence electrons. The molecule has 0 radical (unpaired) electrons. The van der Waals surface area contributed by atoms with Gasteiger partial charge in [0.2, 0.25) is 0 Å². The Hall–Kier alpha value is -3.06. The number of benzene rings is 3. The van der Waals surface area contributed by atoms with Crippen LogP contribution in [0.15, 0.2) is 97.1 Å². The van der Waals surface area contributed by atoms with Crippen LogP contribution in [0.2, 0.25) is 0 Å². The number of para-hydroxylation sites is 1. The fourth-order valence-electron chi connectivity index (χ4n) is 3.18. The lowest BCUT2D eigenvalue weighted by molar-refractivity contribution is 1.04. The van der Waals surface area contributed by atoms with Crippen LogP contribution >= 0.6 is 0 Å². The maximum atomic E-state index is 3.54. The van der Waals surface area contributed by atoms with Gasteiger partial charge in [-0.1, -0.05) is 66.8 Å². The highest BCUT2D eigenvalue weighted by Crippen LogP contribution is 2.31. The van der Waals surface area contributed by atoms with Crippen molar-refractivity contribution in [3.05, 3.63) is 103 Å². The first-order chi connectivity index (χ1) is 12.4. The van der Waals surface area contributed by atoms with Crippen LogP contribution in [0.25, 0.3) is 16.7 Å². The molecule has 0 unspecified atom stereocenters. The van der Waals surface area contributed by atoms with Crippen LogP contribution in [0.5, 0.6) is 0 Å². The maximum Gasteiger partial charge on any atom is 0.0396 e. The molecule has 0 heterocycles. The predicted molar refractivity (Wildman–Crippen MR) is 108 cm³/mol. The molecule has 0 spiro atoms. The molecule has 0 aliphatic heterocycles. The summed E-state index contributed by atoms with van der Waals surface area (Å²) in [4.78, 5) is 0. The van der Waals surface area contributed by atoms with Crippen LogP contribution in [-0.2, 0) is 0 Å². The molecule has 0 saturated heterocycles. The van der Waals surface area contributed by atoms with Crippen LogP contribution in [0.4, 0.5) is 11.4 Å². The van der Waals surface area contributed by atoms with Crippen molar-refractivity contribution in [1.82, 2.24) is 0 Å². The van der Waals surface area contributed by atoms with E-state index in [0.29, 0.717) is 0 Å². The predicted octanol–water partition coefficient (Wildman–Crippen LogP) is 6.83. The van der Waals surface area contributed by atoms with E-state index in [9.17, 15) is 0 Å². The first-order valence-corrected chi connectivity index (χ1v) is 8.78. The number of hydrogen-bond acceptors (Lipinski definition) is 1. The Morgan fingerprint density at radius 1 is 0.600 bits per heavy atom. The van der Waals surface area contributed by atoms with Gasteiger partial charge in [0.25, 0.3) is 0 Å². The second-order valence-electron chi connectivity index (χ2n) is 6.30. The third-order valence-corrected chi connectivity index (χ3v) is 4.43. The topological polar surface area (TPSA) is 12.0 Å². The summed E-state index contributed by atoms with van der Waals surface area (Å²) < 4.78 is 0. The summed E-state index contributed by atoms with van der Waals surface area (Å²) in [7, 11) is 0. The Bertz CT molecular complexity index is 905. The second kappa shape index (κ2) is 7.23. The van der Waals surface area contributed by atoms with E-state index in [2.05, 4.69) is 96.3 Å². The van der Waals surface area contributed by atoms with Gasteiger partial charge in [0.15, 0.2) is 0 Å². The van der Waals surface area contributed by atoms with Crippen molar-refractivity contribution in [2.75, 3.05) is 5.32 Å². The highest BCUT2D eigenvalue weighted by molar-refractivity contribution is 5.82. The lowest BCUT2D eigenvalue weighted by atomic mass is 9.95. The first kappa shape index (κ1) is 15.5. The zero-order chi connectivity index (χ0) is 16.9. The zero-order valence-electron chi connectivity index (χ0n) is 14.2. The van der Waals surface area contributed by atoms with Crippen molar-refractivity contribution in [1.29, 1.82) is 0 Å². The molecule has 0 fully saturated rings. The average Bonchev–Trinajstić information content (AvgIpc) is 2.70. The summed E-state index contributed by atoms with van der Waals surface area (Å²) in [6.45, 7) is 0. The molecule has 0 atom stereocenters. The summed E-state index contributed by atoms with van der Waals surface area (Å²) in [5.74, 6) is 0. The standard InChI is InChI=1S/C24H21N/c1-4-10-19(11-5-1)21-16-22(20-12-6-2-7-13-20)18-24(17-21)25-23-14-8-3-9-15-23/h1,3-6,8-18,25H,2,7H2. The summed E-state index contributed by atoms with van der Waals surface area (Å²) in [5, 5.41) is 3.54. The zero-order valence-corrected chi connectivity index (χ0v) is 14.2. The summed E-state index contributed by atoms with van der Waals surface area (Å²) in [6.07, 6.45) is 9.07. The molecule has 1 heteroatoms. The van der Waals surface area contributed by atoms with Crippen molar-refractivity contribution in [2.24, 2.45) is 0 Å². The molecular formula is C24H21N. The van der Waals surface area contributed by atoms with Gasteiger partial charge in [0.05, 0.1) is 0 Å². The molecule has 3 aromatic rings. The van der Waals surface area contributed by atoms with Gasteiger partial charge in [0.1, 0.15) is 0 Å². The summed E-state index contributed by atoms with van der Waals surface area (Å²) in [6, 6.07) is 27.6. The summed E-state index contributed by atoms with van der Waals surface area (Å²) in [5.41, 5.74) is 7.25. The molecule has 0 bridgehead atoms. The van der Waals surface area contributed by atoms with E-state index in [1.165, 1.54) is 22.3 Å². The lowest BCUT2D eigenvalue weighted by Crippen LogP contribution is -1.94. The van der Waals surface area contributed by atoms with Crippen LogP contribution in [0, 0.1) is 0 Å². The van der Waals surface area contributed by atoms with Crippen molar-refractivity contribution in [2.45, 2.75) is 12.8 Å². The van der Waals surface area contributed by atoms with Gasteiger partial charge >= 0.3 is 0 Å². The number of allylic oxidation sites excluding steroid dienone is 4. The monoisotopic (exact) mass is 323 g/mol. The number of rotatable bonds is 4. The van der Waals surface area contributed by atoms with Gasteiger partial charge in [-0.25, -0.2) is 0 Å². The average molecular weight is 323 g/mol. The molecule has 1 aliphatic rings. The molecular weight excluding hydrogens is 302 g/mol. The molecule has 3 aromatic carbocycles. The summed E-state index contributed by atoms with van der Waals surface area (Å²) >= 11 is 0. The number of nitrogens with one attached hydrogen (secondary N) is 1. The molecule has 1 N–H and O–H groups in total. The van der Waals surface area contributed by atoms with E-state index in [0.717, 1.165) is 24.2 Å². The molecule has 4 rings (SSSR count). The van der Waals surface area contributed by atoms with Gasteiger partial charge in [-0.15, -0.1) is 0 Å². The normalized spacial score (nSPS) is 13.4. The highest BCUT2D eigenvalue weighted by atomic mass is 14.9. The number of anilines is 2. The van der Waals surface area contributed by atoms with Crippen LogP contribution < -0.4 is 5.32 Å². The highest BCUT2D eigenvalue weighted by Gasteiger charge is 2.07. The van der Waals surface area contributed by atoms with E-state index in [4.69, 9.17) is 0 Å². The molecule has 0 saturated carbocycles. The second-order valence-corrected chi connectivity index (χ2v) is 6.30. The Morgan fingerprint density at radius 2 is 1.32 bits per heavy atom. The van der Waals surface area contributed by atoms with Crippen molar-refractivity contribution < 1.29 is 0 Å². The van der Waals surface area contributed by atoms with Gasteiger partial charge in [0, 0.05) is 11.4 Å². The molecule has 1 aliphatic carbocycles. The minimum absolute atomic E-state index is 1.10. The lowest BCUT2D eigenvalue weighted by Gasteiger charge is -2.14. The van der Waals surface area contributed by atoms with E-state index in [1.807, 2.05) is 6.07 Å². The van der Waals surface area contributed by atoms with Crippen molar-refractivity contribution in [3.8, 4) is 11.1 Å². The van der Waals surface area contributed by atoms with Crippen molar-refractivity contribution >= 4 is 16.9 Å². The smallest absolute Gasteiger partial charge is 0.0396 e.